The van der Waals surface area contributed by atoms with Crippen molar-refractivity contribution in [1.82, 2.24) is 25.4 Å². The molecule has 1 atom stereocenters. The lowest BCUT2D eigenvalue weighted by molar-refractivity contribution is -0.139. The summed E-state index contributed by atoms with van der Waals surface area (Å²) in [7, 11) is 0. The summed E-state index contributed by atoms with van der Waals surface area (Å²) >= 11 is 7.38. The molecule has 1 aromatic heterocycles. The maximum Gasteiger partial charge on any atom is 0.260 e. The van der Waals surface area contributed by atoms with Crippen LogP contribution in [-0.2, 0) is 16.1 Å². The zero-order chi connectivity index (χ0) is 18.1. The minimum absolute atomic E-state index is 0.0255. The van der Waals surface area contributed by atoms with E-state index in [0.29, 0.717) is 16.3 Å². The smallest absolute Gasteiger partial charge is 0.260 e. The van der Waals surface area contributed by atoms with Gasteiger partial charge in [-0.2, -0.15) is 0 Å². The summed E-state index contributed by atoms with van der Waals surface area (Å²) < 4.78 is 1.51. The highest BCUT2D eigenvalue weighted by Gasteiger charge is 2.34. The SMILES string of the molecule is O=C(Cn1nnc2ccccc21)NN1C(=O)CSC1c1ccc(Cl)cc1. The van der Waals surface area contributed by atoms with Crippen LogP contribution in [0.4, 0.5) is 0 Å². The first kappa shape index (κ1) is 16.9. The van der Waals surface area contributed by atoms with Crippen molar-refractivity contribution in [3.63, 3.8) is 0 Å². The molecule has 4 rings (SSSR count). The Bertz CT molecular complexity index is 975. The Kier molecular flexibility index (Phi) is 4.52. The molecular weight excluding hydrogens is 374 g/mol. The average Bonchev–Trinajstić information content (AvgIpc) is 3.21. The van der Waals surface area contributed by atoms with E-state index in [4.69, 9.17) is 11.6 Å². The molecule has 2 heterocycles. The van der Waals surface area contributed by atoms with Crippen LogP contribution in [0, 0.1) is 0 Å². The summed E-state index contributed by atoms with van der Waals surface area (Å²) in [6.45, 7) is -0.0255. The van der Waals surface area contributed by atoms with E-state index in [-0.39, 0.29) is 23.7 Å². The first-order valence-corrected chi connectivity index (χ1v) is 9.31. The van der Waals surface area contributed by atoms with Crippen molar-refractivity contribution in [2.75, 3.05) is 5.75 Å². The minimum atomic E-state index is -0.338. The number of carbonyl (C=O) groups excluding carboxylic acids is 2. The van der Waals surface area contributed by atoms with E-state index in [2.05, 4.69) is 15.7 Å². The summed E-state index contributed by atoms with van der Waals surface area (Å²) in [5, 5.41) is 9.73. The zero-order valence-corrected chi connectivity index (χ0v) is 15.1. The lowest BCUT2D eigenvalue weighted by Crippen LogP contribution is -2.45. The summed E-state index contributed by atoms with van der Waals surface area (Å²) in [6, 6.07) is 14.6. The number of carbonyl (C=O) groups is 2. The van der Waals surface area contributed by atoms with Crippen LogP contribution in [0.3, 0.4) is 0 Å². The molecule has 1 N–H and O–H groups in total. The van der Waals surface area contributed by atoms with Crippen LogP contribution in [0.25, 0.3) is 11.0 Å². The molecule has 0 bridgehead atoms. The second-order valence-electron chi connectivity index (χ2n) is 5.75. The van der Waals surface area contributed by atoms with E-state index >= 15 is 0 Å². The maximum atomic E-state index is 12.5. The van der Waals surface area contributed by atoms with Crippen molar-refractivity contribution >= 4 is 46.2 Å². The summed E-state index contributed by atoms with van der Waals surface area (Å²) in [6.07, 6.45) is 0. The normalized spacial score (nSPS) is 17.0. The van der Waals surface area contributed by atoms with Gasteiger partial charge in [0.1, 0.15) is 17.4 Å². The third-order valence-electron chi connectivity index (χ3n) is 3.98. The molecule has 1 saturated heterocycles. The van der Waals surface area contributed by atoms with Gasteiger partial charge in [-0.05, 0) is 29.8 Å². The molecule has 0 aliphatic carbocycles. The number of hydrazine groups is 1. The number of nitrogens with zero attached hydrogens (tertiary/aromatic N) is 4. The van der Waals surface area contributed by atoms with E-state index in [1.165, 1.54) is 21.5 Å². The molecule has 1 aliphatic rings. The highest BCUT2D eigenvalue weighted by atomic mass is 35.5. The highest BCUT2D eigenvalue weighted by Crippen LogP contribution is 2.37. The molecule has 2 amide bonds. The molecule has 0 spiro atoms. The largest absolute Gasteiger partial charge is 0.272 e. The van der Waals surface area contributed by atoms with Crippen LogP contribution < -0.4 is 5.43 Å². The average molecular weight is 388 g/mol. The molecule has 132 valence electrons. The number of para-hydroxylation sites is 1. The van der Waals surface area contributed by atoms with Crippen molar-refractivity contribution in [2.24, 2.45) is 0 Å². The highest BCUT2D eigenvalue weighted by molar-refractivity contribution is 8.00. The zero-order valence-electron chi connectivity index (χ0n) is 13.5. The van der Waals surface area contributed by atoms with E-state index in [1.807, 2.05) is 36.4 Å². The van der Waals surface area contributed by atoms with Gasteiger partial charge in [0.25, 0.3) is 11.8 Å². The molecule has 0 saturated carbocycles. The van der Waals surface area contributed by atoms with Gasteiger partial charge in [-0.1, -0.05) is 41.1 Å². The Balaban J connectivity index is 1.50. The number of hydrogen-bond acceptors (Lipinski definition) is 5. The third-order valence-corrected chi connectivity index (χ3v) is 5.45. The fraction of sp³-hybridized carbons (Fsp3) is 0.176. The van der Waals surface area contributed by atoms with Crippen molar-refractivity contribution in [3.05, 3.63) is 59.1 Å². The molecule has 2 aromatic carbocycles. The number of aromatic nitrogens is 3. The molecule has 9 heteroatoms. The molecule has 0 radical (unpaired) electrons. The van der Waals surface area contributed by atoms with E-state index in [9.17, 15) is 9.59 Å². The monoisotopic (exact) mass is 387 g/mol. The molecular formula is C17H14ClN5O2S. The fourth-order valence-electron chi connectivity index (χ4n) is 2.76. The summed E-state index contributed by atoms with van der Waals surface area (Å²) in [5.74, 6) is -0.179. The van der Waals surface area contributed by atoms with Gasteiger partial charge >= 0.3 is 0 Å². The van der Waals surface area contributed by atoms with Crippen LogP contribution in [-0.4, -0.2) is 37.6 Å². The number of thioether (sulfide) groups is 1. The van der Waals surface area contributed by atoms with Gasteiger partial charge in [-0.15, -0.1) is 16.9 Å². The number of nitrogens with one attached hydrogen (secondary N) is 1. The topological polar surface area (TPSA) is 80.1 Å². The van der Waals surface area contributed by atoms with E-state index in [1.54, 1.807) is 12.1 Å². The molecule has 1 unspecified atom stereocenters. The number of amides is 2. The number of rotatable bonds is 4. The van der Waals surface area contributed by atoms with Gasteiger partial charge in [0, 0.05) is 5.02 Å². The van der Waals surface area contributed by atoms with Gasteiger partial charge in [-0.25, -0.2) is 9.69 Å². The summed E-state index contributed by atoms with van der Waals surface area (Å²) in [5.41, 5.74) is 5.07. The predicted octanol–water partition coefficient (Wildman–Crippen LogP) is 2.39. The van der Waals surface area contributed by atoms with Crippen molar-refractivity contribution in [1.29, 1.82) is 0 Å². The van der Waals surface area contributed by atoms with Crippen LogP contribution in [0.2, 0.25) is 5.02 Å². The number of hydrogen-bond donors (Lipinski definition) is 1. The lowest BCUT2D eigenvalue weighted by Gasteiger charge is -2.24. The Morgan fingerprint density at radius 1 is 1.23 bits per heavy atom. The third kappa shape index (κ3) is 3.25. The minimum Gasteiger partial charge on any atom is -0.272 e. The Labute approximate surface area is 158 Å². The molecule has 1 aliphatic heterocycles. The second kappa shape index (κ2) is 6.97. The molecule has 3 aromatic rings. The quantitative estimate of drug-likeness (QED) is 0.743. The van der Waals surface area contributed by atoms with Gasteiger partial charge in [0.05, 0.1) is 11.3 Å². The first-order chi connectivity index (χ1) is 12.6. The summed E-state index contributed by atoms with van der Waals surface area (Å²) in [4.78, 5) is 24.7. The van der Waals surface area contributed by atoms with Gasteiger partial charge in [0.2, 0.25) is 0 Å². The molecule has 7 nitrogen and oxygen atoms in total. The maximum absolute atomic E-state index is 12.5. The Morgan fingerprint density at radius 3 is 2.81 bits per heavy atom. The number of benzene rings is 2. The van der Waals surface area contributed by atoms with Crippen LogP contribution >= 0.6 is 23.4 Å². The standard InChI is InChI=1S/C17H14ClN5O2S/c18-12-7-5-11(6-8-12)17-23(16(25)10-26-17)20-15(24)9-22-14-4-2-1-3-13(14)19-21-22/h1-8,17H,9-10H2,(H,20,24). The predicted molar refractivity (Wildman–Crippen MR) is 99.2 cm³/mol. The van der Waals surface area contributed by atoms with E-state index in [0.717, 1.165) is 11.1 Å². The fourth-order valence-corrected chi connectivity index (χ4v) is 3.99. The van der Waals surface area contributed by atoms with Gasteiger partial charge in [-0.3, -0.25) is 15.0 Å². The number of halogens is 1. The van der Waals surface area contributed by atoms with Crippen LogP contribution in [0.5, 0.6) is 0 Å². The van der Waals surface area contributed by atoms with Gasteiger partial charge in [0.15, 0.2) is 0 Å². The van der Waals surface area contributed by atoms with Crippen LogP contribution in [0.1, 0.15) is 10.9 Å². The Hall–Kier alpha value is -2.58. The Morgan fingerprint density at radius 2 is 2.00 bits per heavy atom. The second-order valence-corrected chi connectivity index (χ2v) is 7.25. The van der Waals surface area contributed by atoms with Crippen molar-refractivity contribution < 1.29 is 9.59 Å². The van der Waals surface area contributed by atoms with E-state index < -0.39 is 0 Å². The first-order valence-electron chi connectivity index (χ1n) is 7.88. The lowest BCUT2D eigenvalue weighted by atomic mass is 10.2. The molecule has 26 heavy (non-hydrogen) atoms. The number of fused-ring (bicyclic) bond motifs is 1. The van der Waals surface area contributed by atoms with Crippen molar-refractivity contribution in [3.8, 4) is 0 Å². The van der Waals surface area contributed by atoms with Gasteiger partial charge < -0.3 is 0 Å². The van der Waals surface area contributed by atoms with Crippen LogP contribution in [0.15, 0.2) is 48.5 Å². The molecule has 1 fully saturated rings. The van der Waals surface area contributed by atoms with Crippen molar-refractivity contribution in [2.45, 2.75) is 11.9 Å².